The van der Waals surface area contributed by atoms with Gasteiger partial charge >= 0.3 is 0 Å². The van der Waals surface area contributed by atoms with Crippen LogP contribution in [0.25, 0.3) is 0 Å². The summed E-state index contributed by atoms with van der Waals surface area (Å²) in [6.07, 6.45) is 5.33. The Morgan fingerprint density at radius 3 is 2.81 bits per heavy atom. The molecule has 6 heteroatoms. The van der Waals surface area contributed by atoms with Crippen molar-refractivity contribution in [2.75, 3.05) is 24.5 Å². The SMILES string of the molecule is Cc1ccccc1N1CCN(C(=O)c2ccc(Cn3ccnc3)o2)[C@@H](C)C1. The van der Waals surface area contributed by atoms with Crippen LogP contribution in [0.1, 0.15) is 28.8 Å². The zero-order valence-electron chi connectivity index (χ0n) is 15.7. The highest BCUT2D eigenvalue weighted by Gasteiger charge is 2.30. The summed E-state index contributed by atoms with van der Waals surface area (Å²) >= 11 is 0. The standard InChI is InChI=1S/C21H24N4O2/c1-16-5-3-4-6-19(16)24-11-12-25(17(2)13-24)21(26)20-8-7-18(27-20)14-23-10-9-22-15-23/h3-10,15,17H,11-14H2,1-2H3/t17-/m0/s1. The highest BCUT2D eigenvalue weighted by molar-refractivity contribution is 5.92. The Morgan fingerprint density at radius 2 is 2.07 bits per heavy atom. The third-order valence-electron chi connectivity index (χ3n) is 5.11. The van der Waals surface area contributed by atoms with Gasteiger partial charge in [0, 0.05) is 43.8 Å². The molecule has 3 aromatic rings. The molecule has 1 aromatic carbocycles. The molecular weight excluding hydrogens is 340 g/mol. The molecule has 0 radical (unpaired) electrons. The van der Waals surface area contributed by atoms with Crippen molar-refractivity contribution in [3.63, 3.8) is 0 Å². The minimum Gasteiger partial charge on any atom is -0.454 e. The summed E-state index contributed by atoms with van der Waals surface area (Å²) in [7, 11) is 0. The summed E-state index contributed by atoms with van der Waals surface area (Å²) < 4.78 is 7.71. The molecule has 1 fully saturated rings. The molecule has 0 saturated carbocycles. The number of imidazole rings is 1. The van der Waals surface area contributed by atoms with Crippen LogP contribution in [0, 0.1) is 6.92 Å². The van der Waals surface area contributed by atoms with E-state index in [1.165, 1.54) is 11.3 Å². The van der Waals surface area contributed by atoms with E-state index in [1.54, 1.807) is 18.6 Å². The van der Waals surface area contributed by atoms with Gasteiger partial charge < -0.3 is 18.8 Å². The van der Waals surface area contributed by atoms with E-state index in [0.29, 0.717) is 18.8 Å². The lowest BCUT2D eigenvalue weighted by molar-refractivity contribution is 0.0639. The minimum atomic E-state index is -0.0381. The molecule has 2 aromatic heterocycles. The van der Waals surface area contributed by atoms with Crippen LogP contribution in [-0.4, -0.2) is 46.0 Å². The van der Waals surface area contributed by atoms with Crippen LogP contribution in [0.15, 0.2) is 59.5 Å². The van der Waals surface area contributed by atoms with Crippen LogP contribution >= 0.6 is 0 Å². The van der Waals surface area contributed by atoms with Crippen molar-refractivity contribution in [2.24, 2.45) is 0 Å². The van der Waals surface area contributed by atoms with Gasteiger partial charge in [0.25, 0.3) is 5.91 Å². The van der Waals surface area contributed by atoms with Crippen molar-refractivity contribution < 1.29 is 9.21 Å². The third-order valence-corrected chi connectivity index (χ3v) is 5.11. The summed E-state index contributed by atoms with van der Waals surface area (Å²) in [4.78, 5) is 21.2. The molecule has 3 heterocycles. The number of para-hydroxylation sites is 1. The third kappa shape index (κ3) is 3.60. The van der Waals surface area contributed by atoms with Crippen LogP contribution in [0.4, 0.5) is 5.69 Å². The summed E-state index contributed by atoms with van der Waals surface area (Å²) in [6, 6.07) is 12.1. The number of piperazine rings is 1. The molecule has 0 aliphatic carbocycles. The Labute approximate surface area is 159 Å². The molecule has 1 aliphatic heterocycles. The molecule has 1 amide bonds. The number of nitrogens with zero attached hydrogens (tertiary/aromatic N) is 4. The number of anilines is 1. The predicted molar refractivity (Wildman–Crippen MR) is 104 cm³/mol. The normalized spacial score (nSPS) is 17.3. The van der Waals surface area contributed by atoms with E-state index in [1.807, 2.05) is 21.7 Å². The van der Waals surface area contributed by atoms with Crippen LogP contribution < -0.4 is 4.90 Å². The molecule has 27 heavy (non-hydrogen) atoms. The quantitative estimate of drug-likeness (QED) is 0.713. The van der Waals surface area contributed by atoms with Crippen LogP contribution in [0.5, 0.6) is 0 Å². The topological polar surface area (TPSA) is 54.5 Å². The summed E-state index contributed by atoms with van der Waals surface area (Å²) in [5, 5.41) is 0. The molecule has 6 nitrogen and oxygen atoms in total. The second-order valence-corrected chi connectivity index (χ2v) is 7.08. The molecule has 1 atom stereocenters. The van der Waals surface area contributed by atoms with Crippen LogP contribution in [-0.2, 0) is 6.54 Å². The number of aromatic nitrogens is 2. The fourth-order valence-corrected chi connectivity index (χ4v) is 3.68. The number of furan rings is 1. The Balaban J connectivity index is 1.43. The molecule has 0 unspecified atom stereocenters. The molecule has 1 aliphatic rings. The van der Waals surface area contributed by atoms with Crippen molar-refractivity contribution in [3.8, 4) is 0 Å². The predicted octanol–water partition coefficient (Wildman–Crippen LogP) is 3.18. The number of benzene rings is 1. The summed E-state index contributed by atoms with van der Waals surface area (Å²) in [5.74, 6) is 1.12. The number of hydrogen-bond acceptors (Lipinski definition) is 4. The van der Waals surface area contributed by atoms with E-state index in [9.17, 15) is 4.79 Å². The molecule has 4 rings (SSSR count). The average Bonchev–Trinajstić information content (AvgIpc) is 3.34. The average molecular weight is 364 g/mol. The van der Waals surface area contributed by atoms with Gasteiger partial charge in [-0.15, -0.1) is 0 Å². The zero-order valence-corrected chi connectivity index (χ0v) is 15.7. The van der Waals surface area contributed by atoms with Crippen molar-refractivity contribution >= 4 is 11.6 Å². The van der Waals surface area contributed by atoms with E-state index >= 15 is 0 Å². The summed E-state index contributed by atoms with van der Waals surface area (Å²) in [5.41, 5.74) is 2.51. The first-order valence-corrected chi connectivity index (χ1v) is 9.28. The second-order valence-electron chi connectivity index (χ2n) is 7.08. The largest absolute Gasteiger partial charge is 0.454 e. The monoisotopic (exact) mass is 364 g/mol. The highest BCUT2D eigenvalue weighted by atomic mass is 16.4. The molecule has 0 bridgehead atoms. The summed E-state index contributed by atoms with van der Waals surface area (Å²) in [6.45, 7) is 7.12. The second kappa shape index (κ2) is 7.31. The maximum atomic E-state index is 12.9. The van der Waals surface area contributed by atoms with E-state index < -0.39 is 0 Å². The Kier molecular flexibility index (Phi) is 4.71. The van der Waals surface area contributed by atoms with Gasteiger partial charge in [-0.2, -0.15) is 0 Å². The van der Waals surface area contributed by atoms with Crippen molar-refractivity contribution in [1.82, 2.24) is 14.5 Å². The number of aryl methyl sites for hydroxylation is 1. The lowest BCUT2D eigenvalue weighted by Gasteiger charge is -2.41. The Hall–Kier alpha value is -3.02. The first kappa shape index (κ1) is 17.4. The van der Waals surface area contributed by atoms with E-state index in [0.717, 1.165) is 18.8 Å². The maximum absolute atomic E-state index is 12.9. The van der Waals surface area contributed by atoms with Gasteiger partial charge in [0.15, 0.2) is 5.76 Å². The van der Waals surface area contributed by atoms with E-state index in [2.05, 4.69) is 48.0 Å². The van der Waals surface area contributed by atoms with Gasteiger partial charge in [-0.25, -0.2) is 4.98 Å². The highest BCUT2D eigenvalue weighted by Crippen LogP contribution is 2.24. The van der Waals surface area contributed by atoms with Crippen molar-refractivity contribution in [3.05, 3.63) is 72.2 Å². The number of hydrogen-bond donors (Lipinski definition) is 0. The van der Waals surface area contributed by atoms with Crippen molar-refractivity contribution in [1.29, 1.82) is 0 Å². The molecule has 1 saturated heterocycles. The molecule has 0 N–H and O–H groups in total. The fraction of sp³-hybridized carbons (Fsp3) is 0.333. The smallest absolute Gasteiger partial charge is 0.289 e. The van der Waals surface area contributed by atoms with Crippen molar-refractivity contribution in [2.45, 2.75) is 26.4 Å². The van der Waals surface area contributed by atoms with Crippen LogP contribution in [0.3, 0.4) is 0 Å². The van der Waals surface area contributed by atoms with Gasteiger partial charge in [0.05, 0.1) is 12.9 Å². The van der Waals surface area contributed by atoms with Crippen LogP contribution in [0.2, 0.25) is 0 Å². The first-order chi connectivity index (χ1) is 13.1. The van der Waals surface area contributed by atoms with Gasteiger partial charge in [0.2, 0.25) is 0 Å². The lowest BCUT2D eigenvalue weighted by Crippen LogP contribution is -2.54. The van der Waals surface area contributed by atoms with Gasteiger partial charge in [0.1, 0.15) is 5.76 Å². The number of rotatable bonds is 4. The van der Waals surface area contributed by atoms with E-state index in [-0.39, 0.29) is 11.9 Å². The van der Waals surface area contributed by atoms with E-state index in [4.69, 9.17) is 4.42 Å². The number of carbonyl (C=O) groups is 1. The zero-order chi connectivity index (χ0) is 18.8. The number of carbonyl (C=O) groups excluding carboxylic acids is 1. The van der Waals surface area contributed by atoms with Gasteiger partial charge in [-0.05, 0) is 37.6 Å². The first-order valence-electron chi connectivity index (χ1n) is 9.28. The van der Waals surface area contributed by atoms with Gasteiger partial charge in [-0.1, -0.05) is 18.2 Å². The Bertz CT molecular complexity index is 916. The lowest BCUT2D eigenvalue weighted by atomic mass is 10.1. The molecule has 0 spiro atoms. The molecular formula is C21H24N4O2. The minimum absolute atomic E-state index is 0.0381. The van der Waals surface area contributed by atoms with Gasteiger partial charge in [-0.3, -0.25) is 4.79 Å². The fourth-order valence-electron chi connectivity index (χ4n) is 3.68. The Morgan fingerprint density at radius 1 is 1.22 bits per heavy atom. The molecule has 140 valence electrons. The maximum Gasteiger partial charge on any atom is 0.289 e. The number of amides is 1.